The molecule has 1 heterocycles. The summed E-state index contributed by atoms with van der Waals surface area (Å²) in [7, 11) is 1.53. The summed E-state index contributed by atoms with van der Waals surface area (Å²) in [5.74, 6) is 0.653. The van der Waals surface area contributed by atoms with E-state index in [4.69, 9.17) is 10.5 Å². The van der Waals surface area contributed by atoms with Gasteiger partial charge in [0, 0.05) is 11.8 Å². The molecule has 0 aliphatic heterocycles. The van der Waals surface area contributed by atoms with Gasteiger partial charge in [0.05, 0.1) is 12.8 Å². The van der Waals surface area contributed by atoms with Gasteiger partial charge in [-0.3, -0.25) is 0 Å². The first-order chi connectivity index (χ1) is 7.70. The number of methoxy groups -OCH3 is 1. The van der Waals surface area contributed by atoms with Crippen LogP contribution in [0.4, 0.5) is 5.69 Å². The molecule has 0 aliphatic carbocycles. The van der Waals surface area contributed by atoms with Crippen LogP contribution in [0.5, 0.6) is 11.6 Å². The van der Waals surface area contributed by atoms with Crippen LogP contribution in [0.15, 0.2) is 36.5 Å². The molecule has 0 atom stereocenters. The number of benzene rings is 1. The second-order valence-electron chi connectivity index (χ2n) is 3.37. The molecule has 3 N–H and O–H groups in total. The summed E-state index contributed by atoms with van der Waals surface area (Å²) in [6.45, 7) is 0. The number of phenols is 1. The van der Waals surface area contributed by atoms with Gasteiger partial charge in [0.2, 0.25) is 5.88 Å². The highest BCUT2D eigenvalue weighted by molar-refractivity contribution is 5.68. The highest BCUT2D eigenvalue weighted by Crippen LogP contribution is 2.26. The van der Waals surface area contributed by atoms with Crippen LogP contribution in [0.2, 0.25) is 0 Å². The molecule has 4 heteroatoms. The van der Waals surface area contributed by atoms with Crippen molar-refractivity contribution in [3.8, 4) is 22.8 Å². The summed E-state index contributed by atoms with van der Waals surface area (Å²) < 4.78 is 4.98. The van der Waals surface area contributed by atoms with E-state index in [0.29, 0.717) is 11.6 Å². The molecule has 0 fully saturated rings. The Hall–Kier alpha value is -2.23. The van der Waals surface area contributed by atoms with E-state index in [1.165, 1.54) is 7.11 Å². The molecule has 0 aliphatic rings. The van der Waals surface area contributed by atoms with Crippen LogP contribution in [-0.2, 0) is 0 Å². The van der Waals surface area contributed by atoms with Crippen molar-refractivity contribution >= 4 is 5.69 Å². The van der Waals surface area contributed by atoms with Crippen molar-refractivity contribution < 1.29 is 9.84 Å². The van der Waals surface area contributed by atoms with Crippen molar-refractivity contribution in [1.82, 2.24) is 4.98 Å². The van der Waals surface area contributed by atoms with E-state index >= 15 is 0 Å². The minimum absolute atomic E-state index is 0.234. The number of anilines is 1. The lowest BCUT2D eigenvalue weighted by molar-refractivity contribution is 0.400. The van der Waals surface area contributed by atoms with Gasteiger partial charge in [-0.2, -0.15) is 0 Å². The Morgan fingerprint density at radius 3 is 2.44 bits per heavy atom. The SMILES string of the molecule is COc1ncc(-c2ccc(O)cc2)cc1N. The van der Waals surface area contributed by atoms with Crippen molar-refractivity contribution in [3.63, 3.8) is 0 Å². The van der Waals surface area contributed by atoms with E-state index in [1.54, 1.807) is 36.5 Å². The maximum absolute atomic E-state index is 9.18. The van der Waals surface area contributed by atoms with Gasteiger partial charge in [-0.25, -0.2) is 4.98 Å². The summed E-state index contributed by atoms with van der Waals surface area (Å²) >= 11 is 0. The van der Waals surface area contributed by atoms with E-state index < -0.39 is 0 Å². The molecule has 2 rings (SSSR count). The lowest BCUT2D eigenvalue weighted by Crippen LogP contribution is -1.95. The second-order valence-corrected chi connectivity index (χ2v) is 3.37. The number of rotatable bonds is 2. The number of pyridine rings is 1. The van der Waals surface area contributed by atoms with E-state index in [9.17, 15) is 5.11 Å². The summed E-state index contributed by atoms with van der Waals surface area (Å²) in [4.78, 5) is 4.09. The molecular weight excluding hydrogens is 204 g/mol. The van der Waals surface area contributed by atoms with E-state index in [1.807, 2.05) is 0 Å². The Morgan fingerprint density at radius 1 is 1.19 bits per heavy atom. The summed E-state index contributed by atoms with van der Waals surface area (Å²) in [6, 6.07) is 8.64. The van der Waals surface area contributed by atoms with Gasteiger partial charge in [-0.05, 0) is 23.8 Å². The fourth-order valence-corrected chi connectivity index (χ4v) is 1.45. The average Bonchev–Trinajstić information content (AvgIpc) is 2.30. The Bertz CT molecular complexity index is 495. The van der Waals surface area contributed by atoms with Gasteiger partial charge in [-0.1, -0.05) is 12.1 Å². The topological polar surface area (TPSA) is 68.4 Å². The Labute approximate surface area is 93.3 Å². The first-order valence-corrected chi connectivity index (χ1v) is 4.79. The molecule has 0 radical (unpaired) electrons. The normalized spacial score (nSPS) is 10.1. The van der Waals surface area contributed by atoms with Crippen molar-refractivity contribution in [3.05, 3.63) is 36.5 Å². The third-order valence-electron chi connectivity index (χ3n) is 2.27. The molecule has 1 aromatic heterocycles. The average molecular weight is 216 g/mol. The molecular formula is C12H12N2O2. The largest absolute Gasteiger partial charge is 0.508 e. The van der Waals surface area contributed by atoms with Gasteiger partial charge < -0.3 is 15.6 Å². The van der Waals surface area contributed by atoms with Crippen LogP contribution in [-0.4, -0.2) is 17.2 Å². The number of hydrogen-bond donors (Lipinski definition) is 2. The number of phenolic OH excluding ortho intramolecular Hbond substituents is 1. The lowest BCUT2D eigenvalue weighted by atomic mass is 10.1. The Kier molecular flexibility index (Phi) is 2.64. The van der Waals surface area contributed by atoms with Crippen LogP contribution in [0.3, 0.4) is 0 Å². The zero-order chi connectivity index (χ0) is 11.5. The fourth-order valence-electron chi connectivity index (χ4n) is 1.45. The maximum atomic E-state index is 9.18. The van der Waals surface area contributed by atoms with Crippen LogP contribution in [0.1, 0.15) is 0 Å². The van der Waals surface area contributed by atoms with Gasteiger partial charge in [-0.15, -0.1) is 0 Å². The Morgan fingerprint density at radius 2 is 1.88 bits per heavy atom. The smallest absolute Gasteiger partial charge is 0.236 e. The van der Waals surface area contributed by atoms with Crippen LogP contribution in [0, 0.1) is 0 Å². The zero-order valence-corrected chi connectivity index (χ0v) is 8.84. The maximum Gasteiger partial charge on any atom is 0.236 e. The van der Waals surface area contributed by atoms with Gasteiger partial charge in [0.1, 0.15) is 5.75 Å². The molecule has 82 valence electrons. The molecule has 1 aromatic carbocycles. The monoisotopic (exact) mass is 216 g/mol. The highest BCUT2D eigenvalue weighted by atomic mass is 16.5. The molecule has 0 saturated heterocycles. The van der Waals surface area contributed by atoms with Crippen LogP contribution >= 0.6 is 0 Å². The molecule has 2 aromatic rings. The number of aromatic hydroxyl groups is 1. The first-order valence-electron chi connectivity index (χ1n) is 4.79. The number of nitrogen functional groups attached to an aromatic ring is 1. The summed E-state index contributed by atoms with van der Waals surface area (Å²) in [5, 5.41) is 9.18. The molecule has 4 nitrogen and oxygen atoms in total. The number of nitrogens with zero attached hydrogens (tertiary/aromatic N) is 1. The number of nitrogens with two attached hydrogens (primary N) is 1. The van der Waals surface area contributed by atoms with Gasteiger partial charge in [0.15, 0.2) is 0 Å². The molecule has 0 spiro atoms. The van der Waals surface area contributed by atoms with E-state index in [0.717, 1.165) is 11.1 Å². The highest BCUT2D eigenvalue weighted by Gasteiger charge is 2.04. The predicted molar refractivity (Wildman–Crippen MR) is 62.3 cm³/mol. The molecule has 16 heavy (non-hydrogen) atoms. The van der Waals surface area contributed by atoms with Crippen molar-refractivity contribution in [2.75, 3.05) is 12.8 Å². The van der Waals surface area contributed by atoms with Crippen molar-refractivity contribution in [2.45, 2.75) is 0 Å². The minimum Gasteiger partial charge on any atom is -0.508 e. The quantitative estimate of drug-likeness (QED) is 0.806. The van der Waals surface area contributed by atoms with Crippen molar-refractivity contribution in [1.29, 1.82) is 0 Å². The fraction of sp³-hybridized carbons (Fsp3) is 0.0833. The number of aromatic nitrogens is 1. The van der Waals surface area contributed by atoms with E-state index in [-0.39, 0.29) is 5.75 Å². The van der Waals surface area contributed by atoms with Gasteiger partial charge in [0.25, 0.3) is 0 Å². The second kappa shape index (κ2) is 4.10. The lowest BCUT2D eigenvalue weighted by Gasteiger charge is -2.06. The third-order valence-corrected chi connectivity index (χ3v) is 2.27. The molecule has 0 saturated carbocycles. The minimum atomic E-state index is 0.234. The Balaban J connectivity index is 2.41. The molecule has 0 amide bonds. The van der Waals surface area contributed by atoms with Gasteiger partial charge >= 0.3 is 0 Å². The van der Waals surface area contributed by atoms with Crippen LogP contribution in [0.25, 0.3) is 11.1 Å². The number of ether oxygens (including phenoxy) is 1. The third kappa shape index (κ3) is 1.91. The number of hydrogen-bond acceptors (Lipinski definition) is 4. The van der Waals surface area contributed by atoms with Crippen molar-refractivity contribution in [2.24, 2.45) is 0 Å². The molecule has 0 unspecified atom stereocenters. The summed E-state index contributed by atoms with van der Waals surface area (Å²) in [5.41, 5.74) is 8.09. The zero-order valence-electron chi connectivity index (χ0n) is 8.84. The predicted octanol–water partition coefficient (Wildman–Crippen LogP) is 2.04. The first kappa shape index (κ1) is 10.3. The van der Waals surface area contributed by atoms with E-state index in [2.05, 4.69) is 4.98 Å². The molecule has 0 bridgehead atoms. The standard InChI is InChI=1S/C12H12N2O2/c1-16-12-11(13)6-9(7-14-12)8-2-4-10(15)5-3-8/h2-7,15H,13H2,1H3. The van der Waals surface area contributed by atoms with Crippen LogP contribution < -0.4 is 10.5 Å². The summed E-state index contributed by atoms with van der Waals surface area (Å²) in [6.07, 6.45) is 1.68.